The van der Waals surface area contributed by atoms with E-state index in [2.05, 4.69) is 34.0 Å². The van der Waals surface area contributed by atoms with E-state index >= 15 is 0 Å². The van der Waals surface area contributed by atoms with E-state index in [0.717, 1.165) is 70.7 Å². The molecule has 1 atom stereocenters. The van der Waals surface area contributed by atoms with Gasteiger partial charge in [-0.3, -0.25) is 14.5 Å². The molecule has 0 radical (unpaired) electrons. The number of nitrogens with zero attached hydrogens (tertiary/aromatic N) is 5. The second-order valence-corrected chi connectivity index (χ2v) is 9.01. The summed E-state index contributed by atoms with van der Waals surface area (Å²) in [5.41, 5.74) is 8.06. The molecule has 1 saturated heterocycles. The molecule has 4 rings (SSSR count). The number of aryl methyl sites for hydroxylation is 1. The summed E-state index contributed by atoms with van der Waals surface area (Å²) < 4.78 is 7.54. The van der Waals surface area contributed by atoms with Crippen molar-refractivity contribution in [3.8, 4) is 5.75 Å². The third-order valence-electron chi connectivity index (χ3n) is 6.69. The van der Waals surface area contributed by atoms with Gasteiger partial charge in [0, 0.05) is 51.0 Å². The fourth-order valence-electron chi connectivity index (χ4n) is 4.78. The Morgan fingerprint density at radius 2 is 1.97 bits per heavy atom. The SMILES string of the molecule is COc1ccccc1N1CCN(CCCCN(C(N)=O)c2cc3n(n2)CCC(C)C3)CC1. The molecule has 0 saturated carbocycles. The number of carbonyl (C=O) groups excluding carboxylic acids is 1. The van der Waals surface area contributed by atoms with Crippen LogP contribution >= 0.6 is 0 Å². The standard InChI is InChI=1S/C24H36N6O2/c1-19-9-12-30-20(17-19)18-23(26-30)29(24(25)31)11-6-5-10-27-13-15-28(16-14-27)21-7-3-4-8-22(21)32-2/h3-4,7-8,18-19H,5-6,9-17H2,1-2H3,(H2,25,31). The third kappa shape index (κ3) is 5.18. The Bertz CT molecular complexity index is 906. The lowest BCUT2D eigenvalue weighted by Gasteiger charge is -2.36. The number of urea groups is 1. The molecule has 0 aliphatic carbocycles. The van der Waals surface area contributed by atoms with E-state index in [-0.39, 0.29) is 0 Å². The molecule has 174 valence electrons. The molecule has 2 aromatic rings. The number of hydrogen-bond acceptors (Lipinski definition) is 5. The lowest BCUT2D eigenvalue weighted by Crippen LogP contribution is -2.46. The van der Waals surface area contributed by atoms with Crippen molar-refractivity contribution in [2.24, 2.45) is 11.7 Å². The van der Waals surface area contributed by atoms with Gasteiger partial charge in [-0.05, 0) is 50.3 Å². The zero-order chi connectivity index (χ0) is 22.5. The average molecular weight is 441 g/mol. The summed E-state index contributed by atoms with van der Waals surface area (Å²) in [4.78, 5) is 18.6. The lowest BCUT2D eigenvalue weighted by molar-refractivity contribution is 0.248. The molecular weight excluding hydrogens is 404 g/mol. The highest BCUT2D eigenvalue weighted by Crippen LogP contribution is 2.28. The van der Waals surface area contributed by atoms with Crippen LogP contribution in [0.5, 0.6) is 5.75 Å². The number of unbranched alkanes of at least 4 members (excludes halogenated alkanes) is 1. The highest BCUT2D eigenvalue weighted by molar-refractivity contribution is 5.89. The predicted octanol–water partition coefficient (Wildman–Crippen LogP) is 2.96. The van der Waals surface area contributed by atoms with Crippen molar-refractivity contribution in [3.05, 3.63) is 36.0 Å². The first-order valence-corrected chi connectivity index (χ1v) is 11.8. The molecule has 8 heteroatoms. The van der Waals surface area contributed by atoms with Gasteiger partial charge >= 0.3 is 6.03 Å². The summed E-state index contributed by atoms with van der Waals surface area (Å²) in [6.45, 7) is 8.88. The predicted molar refractivity (Wildman–Crippen MR) is 128 cm³/mol. The van der Waals surface area contributed by atoms with Gasteiger partial charge in [-0.25, -0.2) is 4.79 Å². The maximum atomic E-state index is 12.1. The lowest BCUT2D eigenvalue weighted by atomic mass is 9.99. The summed E-state index contributed by atoms with van der Waals surface area (Å²) in [5, 5.41) is 4.64. The van der Waals surface area contributed by atoms with Crippen LogP contribution in [-0.4, -0.2) is 67.1 Å². The minimum Gasteiger partial charge on any atom is -0.495 e. The quantitative estimate of drug-likeness (QED) is 0.639. The minimum absolute atomic E-state index is 0.418. The number of primary amides is 1. The fraction of sp³-hybridized carbons (Fsp3) is 0.583. The highest BCUT2D eigenvalue weighted by atomic mass is 16.5. The number of nitrogens with two attached hydrogens (primary N) is 1. The van der Waals surface area contributed by atoms with Crippen LogP contribution in [0, 0.1) is 5.92 Å². The number of piperazine rings is 1. The third-order valence-corrected chi connectivity index (χ3v) is 6.69. The summed E-state index contributed by atoms with van der Waals surface area (Å²) >= 11 is 0. The zero-order valence-corrected chi connectivity index (χ0v) is 19.4. The number of carbonyl (C=O) groups is 1. The van der Waals surface area contributed by atoms with Gasteiger partial charge in [0.1, 0.15) is 5.75 Å². The summed E-state index contributed by atoms with van der Waals surface area (Å²) in [7, 11) is 1.73. The van der Waals surface area contributed by atoms with Gasteiger partial charge in [-0.1, -0.05) is 19.1 Å². The maximum Gasteiger partial charge on any atom is 0.320 e. The summed E-state index contributed by atoms with van der Waals surface area (Å²) in [6.07, 6.45) is 4.09. The van der Waals surface area contributed by atoms with Gasteiger partial charge in [0.2, 0.25) is 0 Å². The van der Waals surface area contributed by atoms with Gasteiger partial charge in [0.15, 0.2) is 5.82 Å². The number of fused-ring (bicyclic) bond motifs is 1. The molecule has 2 aliphatic heterocycles. The molecule has 8 nitrogen and oxygen atoms in total. The molecular formula is C24H36N6O2. The van der Waals surface area contributed by atoms with E-state index < -0.39 is 6.03 Å². The molecule has 32 heavy (non-hydrogen) atoms. The van der Waals surface area contributed by atoms with Crippen molar-refractivity contribution in [3.63, 3.8) is 0 Å². The average Bonchev–Trinajstić information content (AvgIpc) is 3.21. The van der Waals surface area contributed by atoms with Crippen molar-refractivity contribution in [2.75, 3.05) is 56.2 Å². The van der Waals surface area contributed by atoms with Crippen LogP contribution in [-0.2, 0) is 13.0 Å². The van der Waals surface area contributed by atoms with Crippen LogP contribution in [0.4, 0.5) is 16.3 Å². The molecule has 1 unspecified atom stereocenters. The first-order valence-electron chi connectivity index (χ1n) is 11.8. The Hall–Kier alpha value is -2.74. The fourth-order valence-corrected chi connectivity index (χ4v) is 4.78. The van der Waals surface area contributed by atoms with Crippen molar-refractivity contribution in [2.45, 2.75) is 39.2 Å². The van der Waals surface area contributed by atoms with Gasteiger partial charge in [-0.2, -0.15) is 5.10 Å². The Balaban J connectivity index is 1.23. The monoisotopic (exact) mass is 440 g/mol. The molecule has 1 fully saturated rings. The second-order valence-electron chi connectivity index (χ2n) is 9.01. The highest BCUT2D eigenvalue weighted by Gasteiger charge is 2.23. The molecule has 3 heterocycles. The van der Waals surface area contributed by atoms with Crippen molar-refractivity contribution >= 4 is 17.5 Å². The summed E-state index contributed by atoms with van der Waals surface area (Å²) in [5.74, 6) is 2.30. The van der Waals surface area contributed by atoms with Gasteiger partial charge < -0.3 is 15.4 Å². The van der Waals surface area contributed by atoms with Crippen molar-refractivity contribution < 1.29 is 9.53 Å². The normalized spacial score (nSPS) is 18.9. The van der Waals surface area contributed by atoms with Crippen LogP contribution in [0.2, 0.25) is 0 Å². The topological polar surface area (TPSA) is 79.9 Å². The number of hydrogen-bond donors (Lipinski definition) is 1. The minimum atomic E-state index is -0.418. The number of rotatable bonds is 8. The summed E-state index contributed by atoms with van der Waals surface area (Å²) in [6, 6.07) is 9.83. The Kier molecular flexibility index (Phi) is 7.19. The van der Waals surface area contributed by atoms with E-state index in [9.17, 15) is 4.79 Å². The largest absolute Gasteiger partial charge is 0.495 e. The first kappa shape index (κ1) is 22.5. The van der Waals surface area contributed by atoms with Crippen LogP contribution in [0.25, 0.3) is 0 Å². The molecule has 2 amide bonds. The number of para-hydroxylation sites is 2. The number of ether oxygens (including phenoxy) is 1. The second kappa shape index (κ2) is 10.3. The first-order chi connectivity index (χ1) is 15.5. The smallest absolute Gasteiger partial charge is 0.320 e. The van der Waals surface area contributed by atoms with Crippen LogP contribution < -0.4 is 20.3 Å². The number of aromatic nitrogens is 2. The zero-order valence-electron chi connectivity index (χ0n) is 19.4. The molecule has 2 N–H and O–H groups in total. The molecule has 0 spiro atoms. The molecule has 1 aromatic heterocycles. The molecule has 0 bridgehead atoms. The van der Waals surface area contributed by atoms with Crippen LogP contribution in [0.3, 0.4) is 0 Å². The van der Waals surface area contributed by atoms with E-state index in [1.807, 2.05) is 22.9 Å². The van der Waals surface area contributed by atoms with E-state index in [4.69, 9.17) is 10.5 Å². The van der Waals surface area contributed by atoms with Gasteiger partial charge in [0.25, 0.3) is 0 Å². The number of anilines is 2. The van der Waals surface area contributed by atoms with Crippen molar-refractivity contribution in [1.29, 1.82) is 0 Å². The molecule has 1 aromatic carbocycles. The Morgan fingerprint density at radius 1 is 1.19 bits per heavy atom. The van der Waals surface area contributed by atoms with E-state index in [1.54, 1.807) is 12.0 Å². The Labute approximate surface area is 190 Å². The van der Waals surface area contributed by atoms with E-state index in [1.165, 1.54) is 11.4 Å². The van der Waals surface area contributed by atoms with Crippen LogP contribution in [0.15, 0.2) is 30.3 Å². The van der Waals surface area contributed by atoms with Gasteiger partial charge in [0.05, 0.1) is 12.8 Å². The van der Waals surface area contributed by atoms with Crippen molar-refractivity contribution in [1.82, 2.24) is 14.7 Å². The van der Waals surface area contributed by atoms with Crippen LogP contribution in [0.1, 0.15) is 31.9 Å². The maximum absolute atomic E-state index is 12.1. The number of methoxy groups -OCH3 is 1. The number of amides is 2. The number of benzene rings is 1. The van der Waals surface area contributed by atoms with Gasteiger partial charge in [-0.15, -0.1) is 0 Å². The molecule has 2 aliphatic rings. The Morgan fingerprint density at radius 3 is 2.72 bits per heavy atom. The van der Waals surface area contributed by atoms with E-state index in [0.29, 0.717) is 18.3 Å².